The van der Waals surface area contributed by atoms with Crippen LogP contribution in [0.3, 0.4) is 0 Å². The summed E-state index contributed by atoms with van der Waals surface area (Å²) in [5.74, 6) is 0. The van der Waals surface area contributed by atoms with Crippen molar-refractivity contribution in [2.24, 2.45) is 0 Å². The van der Waals surface area contributed by atoms with Gasteiger partial charge in [0.2, 0.25) is 0 Å². The van der Waals surface area contributed by atoms with Crippen LogP contribution in [-0.2, 0) is 27.8 Å². The van der Waals surface area contributed by atoms with Gasteiger partial charge >= 0.3 is 19.2 Å². The normalized spacial score (nSPS) is 32.9. The van der Waals surface area contributed by atoms with Crippen LogP contribution in [0.4, 0.5) is 0 Å². The molecule has 9 atom stereocenters. The first-order chi connectivity index (χ1) is 18.0. The molecule has 0 bridgehead atoms. The van der Waals surface area contributed by atoms with Gasteiger partial charge < -0.3 is 34.4 Å². The number of nitrogens with one attached hydrogen (secondary N) is 2. The summed E-state index contributed by atoms with van der Waals surface area (Å²) < 4.78 is 40.5. The van der Waals surface area contributed by atoms with Crippen molar-refractivity contribution in [2.75, 3.05) is 20.3 Å². The molecule has 2 aliphatic rings. The molecule has 2 aliphatic heterocycles. The van der Waals surface area contributed by atoms with Crippen LogP contribution in [0.25, 0.3) is 0 Å². The van der Waals surface area contributed by atoms with Gasteiger partial charge in [0.15, 0.2) is 12.5 Å². The predicted molar refractivity (Wildman–Crippen MR) is 121 cm³/mol. The first kappa shape index (κ1) is 28.2. The molecule has 1 unspecified atom stereocenters. The molecule has 0 spiro atoms. The largest absolute Gasteiger partial charge is 0.472 e. The molecule has 4 heterocycles. The van der Waals surface area contributed by atoms with Crippen molar-refractivity contribution in [1.29, 1.82) is 0 Å². The number of hydrogen-bond acceptors (Lipinski definition) is 13. The summed E-state index contributed by atoms with van der Waals surface area (Å²) in [5, 5.41) is 30.8. The molecular formula is C19H25N4O14P. The highest BCUT2D eigenvalue weighted by Gasteiger charge is 2.50. The zero-order valence-corrected chi connectivity index (χ0v) is 20.4. The maximum Gasteiger partial charge on any atom is 0.472 e. The number of phosphoric ester groups is 1. The van der Waals surface area contributed by atoms with Gasteiger partial charge in [-0.2, -0.15) is 0 Å². The van der Waals surface area contributed by atoms with Crippen molar-refractivity contribution < 1.29 is 48.0 Å². The second-order valence-corrected chi connectivity index (χ2v) is 9.77. The minimum atomic E-state index is -5.03. The summed E-state index contributed by atoms with van der Waals surface area (Å²) in [6, 6.07) is 2.03. The Balaban J connectivity index is 1.45. The Morgan fingerprint density at radius 3 is 2.00 bits per heavy atom. The molecule has 0 aromatic carbocycles. The number of phosphoric acid groups is 1. The molecule has 38 heavy (non-hydrogen) atoms. The topological polar surface area (TPSA) is 254 Å². The van der Waals surface area contributed by atoms with Gasteiger partial charge in [0.1, 0.15) is 36.6 Å². The SMILES string of the molecule is CO[C@@H]1[C@H](O)[C@@H](COP(=O)(O)O[C@H]2[C@@H](O)[C@H](n3ccc(=O)[nH]c3=O)O[C@@H]2CO)O[C@H]1n1ccc(=O)[nH]c1=O. The fourth-order valence-corrected chi connectivity index (χ4v) is 5.13. The summed E-state index contributed by atoms with van der Waals surface area (Å²) >= 11 is 0. The minimum Gasteiger partial charge on any atom is -0.394 e. The molecule has 2 fully saturated rings. The lowest BCUT2D eigenvalue weighted by atomic mass is 10.1. The van der Waals surface area contributed by atoms with E-state index in [-0.39, 0.29) is 0 Å². The zero-order valence-electron chi connectivity index (χ0n) is 19.6. The van der Waals surface area contributed by atoms with E-state index in [9.17, 15) is 44.0 Å². The number of aliphatic hydroxyl groups excluding tert-OH is 3. The van der Waals surface area contributed by atoms with Crippen molar-refractivity contribution in [3.05, 3.63) is 66.2 Å². The van der Waals surface area contributed by atoms with Gasteiger partial charge in [-0.25, -0.2) is 14.2 Å². The lowest BCUT2D eigenvalue weighted by Crippen LogP contribution is -2.39. The lowest BCUT2D eigenvalue weighted by Gasteiger charge is -2.23. The smallest absolute Gasteiger partial charge is 0.394 e. The molecule has 2 aromatic rings. The first-order valence-corrected chi connectivity index (χ1v) is 12.5. The summed E-state index contributed by atoms with van der Waals surface area (Å²) in [6.45, 7) is -1.54. The van der Waals surface area contributed by atoms with Gasteiger partial charge in [-0.3, -0.25) is 37.7 Å². The van der Waals surface area contributed by atoms with Crippen LogP contribution in [0.1, 0.15) is 12.5 Å². The summed E-state index contributed by atoms with van der Waals surface area (Å²) in [4.78, 5) is 61.1. The molecule has 0 aliphatic carbocycles. The first-order valence-electron chi connectivity index (χ1n) is 11.0. The number of H-pyrrole nitrogens is 2. The second-order valence-electron chi connectivity index (χ2n) is 8.36. The van der Waals surface area contributed by atoms with Crippen LogP contribution in [-0.4, -0.2) is 96.3 Å². The number of methoxy groups -OCH3 is 1. The third-order valence-corrected chi connectivity index (χ3v) is 6.97. The Morgan fingerprint density at radius 2 is 1.47 bits per heavy atom. The van der Waals surface area contributed by atoms with Gasteiger partial charge in [0, 0.05) is 31.6 Å². The Bertz CT molecular complexity index is 1420. The van der Waals surface area contributed by atoms with Gasteiger partial charge in [0.05, 0.1) is 13.2 Å². The average Bonchev–Trinajstić information content (AvgIpc) is 3.33. The molecule has 2 aromatic heterocycles. The highest BCUT2D eigenvalue weighted by atomic mass is 31.2. The Kier molecular flexibility index (Phi) is 8.29. The number of ether oxygens (including phenoxy) is 3. The zero-order chi connectivity index (χ0) is 27.8. The quantitative estimate of drug-likeness (QED) is 0.159. The van der Waals surface area contributed by atoms with E-state index >= 15 is 0 Å². The maximum atomic E-state index is 12.7. The van der Waals surface area contributed by atoms with Crippen molar-refractivity contribution in [1.82, 2.24) is 19.1 Å². The van der Waals surface area contributed by atoms with Crippen LogP contribution < -0.4 is 22.5 Å². The van der Waals surface area contributed by atoms with Crippen molar-refractivity contribution in [3.63, 3.8) is 0 Å². The standard InChI is InChI=1S/C19H25N4O14P/c1-33-15-12(27)9(36-17(15)23-5-3-11(26)21-19(23)30)7-34-38(31,32)37-14-8(6-24)35-16(13(14)28)22-4-2-10(25)20-18(22)29/h2-5,8-9,12-17,24,27-28H,6-7H2,1H3,(H,31,32)(H,20,25,29)(H,21,26,30)/t8-,9-,12-,13-,14-,15-,16-,17-/m1/s1. The van der Waals surface area contributed by atoms with E-state index in [0.29, 0.717) is 0 Å². The van der Waals surface area contributed by atoms with Gasteiger partial charge in [0.25, 0.3) is 11.1 Å². The van der Waals surface area contributed by atoms with Crippen molar-refractivity contribution in [2.45, 2.75) is 49.1 Å². The highest BCUT2D eigenvalue weighted by Crippen LogP contribution is 2.49. The molecule has 0 radical (unpaired) electrons. The van der Waals surface area contributed by atoms with Crippen LogP contribution >= 0.6 is 7.82 Å². The molecule has 210 valence electrons. The number of nitrogens with zero attached hydrogens (tertiary/aromatic N) is 2. The summed E-state index contributed by atoms with van der Waals surface area (Å²) in [5.41, 5.74) is -3.17. The minimum absolute atomic E-state index is 0.663. The molecule has 19 heteroatoms. The third-order valence-electron chi connectivity index (χ3n) is 5.98. The molecule has 4 rings (SSSR count). The van der Waals surface area contributed by atoms with E-state index in [0.717, 1.165) is 33.7 Å². The molecular weight excluding hydrogens is 539 g/mol. The molecule has 6 N–H and O–H groups in total. The predicted octanol–water partition coefficient (Wildman–Crippen LogP) is -3.89. The number of rotatable bonds is 9. The lowest BCUT2D eigenvalue weighted by molar-refractivity contribution is -0.0659. The molecule has 0 saturated carbocycles. The fraction of sp³-hybridized carbons (Fsp3) is 0.579. The van der Waals surface area contributed by atoms with Crippen molar-refractivity contribution >= 4 is 7.82 Å². The van der Waals surface area contributed by atoms with Crippen LogP contribution in [0.5, 0.6) is 0 Å². The van der Waals surface area contributed by atoms with Gasteiger partial charge in [-0.05, 0) is 0 Å². The van der Waals surface area contributed by atoms with Crippen molar-refractivity contribution in [3.8, 4) is 0 Å². The average molecular weight is 564 g/mol. The number of aromatic amines is 2. The van der Waals surface area contributed by atoms with Gasteiger partial charge in [-0.15, -0.1) is 0 Å². The Labute approximate surface area is 211 Å². The molecule has 18 nitrogen and oxygen atoms in total. The molecule has 0 amide bonds. The van der Waals surface area contributed by atoms with E-state index in [4.69, 9.17) is 23.3 Å². The summed E-state index contributed by atoms with van der Waals surface area (Å²) in [6.07, 6.45) is -9.26. The third kappa shape index (κ3) is 5.64. The van der Waals surface area contributed by atoms with Crippen LogP contribution in [0, 0.1) is 0 Å². The Morgan fingerprint density at radius 1 is 0.921 bits per heavy atom. The van der Waals surface area contributed by atoms with E-state index in [1.165, 1.54) is 7.11 Å². The fourth-order valence-electron chi connectivity index (χ4n) is 4.17. The maximum absolute atomic E-state index is 12.7. The number of aliphatic hydroxyl groups is 3. The van der Waals surface area contributed by atoms with Crippen LogP contribution in [0.2, 0.25) is 0 Å². The second kappa shape index (κ2) is 11.1. The van der Waals surface area contributed by atoms with Crippen LogP contribution in [0.15, 0.2) is 43.7 Å². The van der Waals surface area contributed by atoms with E-state index in [2.05, 4.69) is 0 Å². The van der Waals surface area contributed by atoms with E-state index in [1.807, 2.05) is 9.97 Å². The Hall–Kier alpha value is -2.77. The molecule has 2 saturated heterocycles. The number of aromatic nitrogens is 4. The monoisotopic (exact) mass is 564 g/mol. The van der Waals surface area contributed by atoms with Gasteiger partial charge in [-0.1, -0.05) is 0 Å². The van der Waals surface area contributed by atoms with E-state index < -0.39 is 92.6 Å². The number of hydrogen-bond donors (Lipinski definition) is 6. The highest BCUT2D eigenvalue weighted by molar-refractivity contribution is 7.47. The van der Waals surface area contributed by atoms with E-state index in [1.54, 1.807) is 0 Å². The summed E-state index contributed by atoms with van der Waals surface area (Å²) in [7, 11) is -3.80.